The van der Waals surface area contributed by atoms with Crippen LogP contribution >= 0.6 is 34.0 Å². The fourth-order valence-electron chi connectivity index (χ4n) is 3.32. The lowest BCUT2D eigenvalue weighted by molar-refractivity contribution is 0.0982. The number of ether oxygens (including phenoxy) is 1. The Labute approximate surface area is 198 Å². The quantitative estimate of drug-likeness (QED) is 0.621. The van der Waals surface area contributed by atoms with Crippen LogP contribution in [0.3, 0.4) is 0 Å². The average Bonchev–Trinajstić information content (AvgIpc) is 3.46. The van der Waals surface area contributed by atoms with Gasteiger partial charge in [-0.05, 0) is 43.9 Å². The molecule has 0 saturated carbocycles. The number of nitrogens with one attached hydrogen (secondary N) is 1. The van der Waals surface area contributed by atoms with Crippen molar-refractivity contribution in [3.8, 4) is 6.07 Å². The van der Waals surface area contributed by atoms with Gasteiger partial charge in [-0.3, -0.25) is 4.90 Å². The number of rotatable bonds is 3. The molecular weight excluding hydrogens is 514 g/mol. The van der Waals surface area contributed by atoms with E-state index in [-0.39, 0.29) is 46.6 Å². The van der Waals surface area contributed by atoms with Crippen molar-refractivity contribution < 1.29 is 9.53 Å². The first-order valence-electron chi connectivity index (χ1n) is 9.65. The summed E-state index contributed by atoms with van der Waals surface area (Å²) >= 11 is 0. The van der Waals surface area contributed by atoms with Crippen molar-refractivity contribution in [2.75, 3.05) is 13.1 Å². The van der Waals surface area contributed by atoms with Gasteiger partial charge in [-0.1, -0.05) is 30.3 Å². The van der Waals surface area contributed by atoms with E-state index >= 15 is 0 Å². The van der Waals surface area contributed by atoms with Gasteiger partial charge in [0.1, 0.15) is 18.5 Å². The Balaban J connectivity index is 0.000000302. The van der Waals surface area contributed by atoms with Crippen LogP contribution in [0.15, 0.2) is 48.8 Å². The number of nitrogens with zero attached hydrogens (tertiary/aromatic N) is 4. The van der Waals surface area contributed by atoms with Crippen molar-refractivity contribution in [3.05, 3.63) is 60.2 Å². The average molecular weight is 541 g/mol. The normalized spacial score (nSPS) is 19.4. The Morgan fingerprint density at radius 1 is 1.13 bits per heavy atom. The molecule has 3 heterocycles. The number of likely N-dealkylation sites (tertiary alicyclic amines) is 1. The van der Waals surface area contributed by atoms with Gasteiger partial charge in [-0.25, -0.2) is 14.8 Å². The molecule has 1 amide bonds. The van der Waals surface area contributed by atoms with Crippen LogP contribution in [0.4, 0.5) is 4.79 Å². The van der Waals surface area contributed by atoms with Gasteiger partial charge >= 0.3 is 6.09 Å². The summed E-state index contributed by atoms with van der Waals surface area (Å²) in [5.74, 6) is 0.935. The molecule has 30 heavy (non-hydrogen) atoms. The molecule has 1 aromatic carbocycles. The van der Waals surface area contributed by atoms with Crippen LogP contribution in [0.25, 0.3) is 0 Å². The summed E-state index contributed by atoms with van der Waals surface area (Å²) in [5, 5.41) is 12.2. The van der Waals surface area contributed by atoms with Crippen LogP contribution in [0.2, 0.25) is 0 Å². The maximum atomic E-state index is 11.7. The molecule has 0 spiro atoms. The van der Waals surface area contributed by atoms with Gasteiger partial charge < -0.3 is 10.1 Å². The van der Waals surface area contributed by atoms with Crippen LogP contribution < -0.4 is 5.32 Å². The van der Waals surface area contributed by atoms with Crippen molar-refractivity contribution in [1.29, 1.82) is 5.26 Å². The molecule has 2 aliphatic heterocycles. The Bertz CT molecular complexity index is 783. The van der Waals surface area contributed by atoms with E-state index in [1.54, 1.807) is 12.4 Å². The lowest BCUT2D eigenvalue weighted by Crippen LogP contribution is -2.34. The third kappa shape index (κ3) is 7.67. The number of carbonyl (C=O) groups is 1. The van der Waals surface area contributed by atoms with E-state index in [0.717, 1.165) is 30.8 Å². The monoisotopic (exact) mass is 539 g/mol. The van der Waals surface area contributed by atoms with Crippen LogP contribution in [-0.4, -0.2) is 40.1 Å². The van der Waals surface area contributed by atoms with Crippen LogP contribution in [0.1, 0.15) is 43.1 Å². The summed E-state index contributed by atoms with van der Waals surface area (Å²) in [6.07, 6.45) is 7.23. The predicted molar refractivity (Wildman–Crippen MR) is 125 cm³/mol. The van der Waals surface area contributed by atoms with E-state index in [1.807, 2.05) is 36.4 Å². The van der Waals surface area contributed by atoms with Gasteiger partial charge in [0, 0.05) is 18.9 Å². The van der Waals surface area contributed by atoms with E-state index in [9.17, 15) is 4.79 Å². The van der Waals surface area contributed by atoms with Crippen LogP contribution in [0.5, 0.6) is 0 Å². The first-order valence-corrected chi connectivity index (χ1v) is 9.65. The largest absolute Gasteiger partial charge is 0.445 e. The number of aromatic nitrogens is 2. The fourth-order valence-corrected chi connectivity index (χ4v) is 3.32. The van der Waals surface area contributed by atoms with Gasteiger partial charge in [0.25, 0.3) is 0 Å². The Kier molecular flexibility index (Phi) is 12.2. The first-order chi connectivity index (χ1) is 13.8. The van der Waals surface area contributed by atoms with Gasteiger partial charge in [0.05, 0.1) is 12.1 Å². The lowest BCUT2D eigenvalue weighted by Gasteiger charge is -2.18. The van der Waals surface area contributed by atoms with Crippen LogP contribution in [0, 0.1) is 11.3 Å². The number of benzene rings is 1. The summed E-state index contributed by atoms with van der Waals surface area (Å²) in [4.78, 5) is 21.6. The molecule has 162 valence electrons. The van der Waals surface area contributed by atoms with Gasteiger partial charge in [0.15, 0.2) is 0 Å². The molecule has 2 fully saturated rings. The smallest absolute Gasteiger partial charge is 0.411 e. The second-order valence-electron chi connectivity index (χ2n) is 6.78. The van der Waals surface area contributed by atoms with E-state index in [4.69, 9.17) is 10.00 Å². The highest BCUT2D eigenvalue weighted by Gasteiger charge is 2.29. The summed E-state index contributed by atoms with van der Waals surface area (Å²) < 4.78 is 5.18. The maximum absolute atomic E-state index is 11.7. The number of hydrogen-bond donors (Lipinski definition) is 1. The van der Waals surface area contributed by atoms with Gasteiger partial charge in [0.2, 0.25) is 0 Å². The third-order valence-corrected chi connectivity index (χ3v) is 4.80. The highest BCUT2D eigenvalue weighted by Crippen LogP contribution is 2.19. The molecule has 7 nitrogen and oxygen atoms in total. The zero-order valence-electron chi connectivity index (χ0n) is 16.6. The second kappa shape index (κ2) is 14.1. The number of amides is 1. The second-order valence-corrected chi connectivity index (χ2v) is 6.78. The predicted octanol–water partition coefficient (Wildman–Crippen LogP) is 4.37. The Morgan fingerprint density at radius 2 is 1.87 bits per heavy atom. The molecule has 2 aliphatic rings. The molecule has 1 N–H and O–H groups in total. The zero-order chi connectivity index (χ0) is 19.6. The summed E-state index contributed by atoms with van der Waals surface area (Å²) in [6.45, 7) is 1.98. The molecule has 2 aromatic rings. The third-order valence-electron chi connectivity index (χ3n) is 4.80. The van der Waals surface area contributed by atoms with E-state index in [2.05, 4.69) is 21.4 Å². The standard InChI is InChI=1S/C13H14N2O2.C8H11N3.2BrH/c14-9-12-7-4-8-15(12)13(16)17-10-11-5-2-1-3-6-11;1-3-7(9-4-1)8-10-5-2-6-11-8;;/h1-3,5-6,12H,4,7-8,10H2;2,5-7,9H,1,3-4H2;2*1H/t12-;7-;;/m11../s1. The number of nitriles is 1. The Morgan fingerprint density at radius 3 is 2.50 bits per heavy atom. The number of halogens is 2. The van der Waals surface area contributed by atoms with Crippen LogP contribution in [-0.2, 0) is 11.3 Å². The first kappa shape index (κ1) is 26.0. The fraction of sp³-hybridized carbons (Fsp3) is 0.429. The van der Waals surface area contributed by atoms with Crippen molar-refractivity contribution in [2.45, 2.75) is 44.4 Å². The van der Waals surface area contributed by atoms with E-state index in [0.29, 0.717) is 12.6 Å². The molecular formula is C21H27Br2N5O2. The van der Waals surface area contributed by atoms with Gasteiger partial charge in [-0.15, -0.1) is 34.0 Å². The van der Waals surface area contributed by atoms with Gasteiger partial charge in [-0.2, -0.15) is 5.26 Å². The molecule has 0 radical (unpaired) electrons. The molecule has 1 aromatic heterocycles. The molecule has 0 bridgehead atoms. The zero-order valence-corrected chi connectivity index (χ0v) is 20.1. The SMILES string of the molecule is Br.Br.N#C[C@H]1CCCN1C(=O)OCc1ccccc1.c1cnc([C@H]2CCCN2)nc1. The van der Waals surface area contributed by atoms with E-state index in [1.165, 1.54) is 17.7 Å². The highest BCUT2D eigenvalue weighted by molar-refractivity contribution is 8.93. The van der Waals surface area contributed by atoms with Crippen molar-refractivity contribution in [3.63, 3.8) is 0 Å². The molecule has 9 heteroatoms. The summed E-state index contributed by atoms with van der Waals surface area (Å²) in [7, 11) is 0. The van der Waals surface area contributed by atoms with Crippen molar-refractivity contribution in [1.82, 2.24) is 20.2 Å². The van der Waals surface area contributed by atoms with E-state index < -0.39 is 6.09 Å². The topological polar surface area (TPSA) is 91.1 Å². The molecule has 4 rings (SSSR count). The summed E-state index contributed by atoms with van der Waals surface area (Å²) in [5.41, 5.74) is 0.952. The number of carbonyl (C=O) groups excluding carboxylic acids is 1. The minimum absolute atomic E-state index is 0. The minimum atomic E-state index is -0.391. The highest BCUT2D eigenvalue weighted by atomic mass is 79.9. The maximum Gasteiger partial charge on any atom is 0.411 e. The van der Waals surface area contributed by atoms with Crippen molar-refractivity contribution in [2.24, 2.45) is 0 Å². The lowest BCUT2D eigenvalue weighted by atomic mass is 10.2. The molecule has 2 atom stereocenters. The summed E-state index contributed by atoms with van der Waals surface area (Å²) in [6, 6.07) is 13.6. The Hall–Kier alpha value is -2.02. The molecule has 2 saturated heterocycles. The molecule has 0 aliphatic carbocycles. The molecule has 0 unspecified atom stereocenters. The number of hydrogen-bond acceptors (Lipinski definition) is 6. The minimum Gasteiger partial charge on any atom is -0.445 e. The van der Waals surface area contributed by atoms with Crippen molar-refractivity contribution >= 4 is 40.1 Å².